The fraction of sp³-hybridized carbons (Fsp3) is 0.391. The summed E-state index contributed by atoms with van der Waals surface area (Å²) in [6.45, 7) is 1.45. The number of piperidine rings is 1. The minimum atomic E-state index is -4.64. The lowest BCUT2D eigenvalue weighted by Gasteiger charge is -2.31. The number of benzene rings is 1. The van der Waals surface area contributed by atoms with Gasteiger partial charge in [-0.2, -0.15) is 18.2 Å². The van der Waals surface area contributed by atoms with E-state index in [1.54, 1.807) is 36.1 Å². The van der Waals surface area contributed by atoms with E-state index in [1.807, 2.05) is 0 Å². The number of halogens is 4. The zero-order valence-corrected chi connectivity index (χ0v) is 19.6. The first-order valence-electron chi connectivity index (χ1n) is 11.1. The number of hydrogen-bond acceptors (Lipinski definition) is 6. The second kappa shape index (κ2) is 10.1. The molecular formula is C23H23ClF3N5O3. The smallest absolute Gasteiger partial charge is 0.409 e. The van der Waals surface area contributed by atoms with Crippen LogP contribution in [0.1, 0.15) is 19.8 Å². The van der Waals surface area contributed by atoms with Crippen molar-refractivity contribution >= 4 is 34.7 Å². The van der Waals surface area contributed by atoms with Crippen molar-refractivity contribution in [3.8, 4) is 11.1 Å². The molecule has 0 atom stereocenters. The number of alkyl halides is 3. The minimum Gasteiger partial charge on any atom is -0.450 e. The molecule has 186 valence electrons. The minimum absolute atomic E-state index is 0.0306. The number of hydrogen-bond donors (Lipinski definition) is 1. The molecule has 1 amide bonds. The Morgan fingerprint density at radius 2 is 1.94 bits per heavy atom. The normalized spacial score (nSPS) is 14.8. The molecule has 12 heteroatoms. The first kappa shape index (κ1) is 24.8. The predicted molar refractivity (Wildman–Crippen MR) is 126 cm³/mol. The van der Waals surface area contributed by atoms with Crippen LogP contribution in [-0.4, -0.2) is 57.4 Å². The van der Waals surface area contributed by atoms with Crippen LogP contribution in [0, 0.1) is 0 Å². The predicted octanol–water partition coefficient (Wildman–Crippen LogP) is 4.71. The number of ether oxygens (including phenoxy) is 1. The van der Waals surface area contributed by atoms with Gasteiger partial charge in [-0.25, -0.2) is 9.78 Å². The van der Waals surface area contributed by atoms with Crippen molar-refractivity contribution in [3.63, 3.8) is 0 Å². The van der Waals surface area contributed by atoms with Crippen molar-refractivity contribution in [1.82, 2.24) is 19.4 Å². The zero-order valence-electron chi connectivity index (χ0n) is 18.8. The number of fused-ring (bicyclic) bond motifs is 1. The van der Waals surface area contributed by atoms with E-state index in [2.05, 4.69) is 15.3 Å². The van der Waals surface area contributed by atoms with Gasteiger partial charge < -0.3 is 15.0 Å². The van der Waals surface area contributed by atoms with Gasteiger partial charge in [0.25, 0.3) is 5.56 Å². The molecule has 0 unspecified atom stereocenters. The number of carbonyl (C=O) groups excluding carboxylic acids is 1. The van der Waals surface area contributed by atoms with Crippen LogP contribution in [0.2, 0.25) is 5.02 Å². The average molecular weight is 510 g/mol. The van der Waals surface area contributed by atoms with Crippen LogP contribution in [0.25, 0.3) is 22.2 Å². The van der Waals surface area contributed by atoms with Crippen molar-refractivity contribution in [2.75, 3.05) is 25.0 Å². The van der Waals surface area contributed by atoms with Gasteiger partial charge in [0.2, 0.25) is 5.95 Å². The fourth-order valence-electron chi connectivity index (χ4n) is 4.03. The summed E-state index contributed by atoms with van der Waals surface area (Å²) in [5.41, 5.74) is -0.629. The molecule has 1 aliphatic rings. The number of carbonyl (C=O) groups is 1. The average Bonchev–Trinajstić information content (AvgIpc) is 2.81. The van der Waals surface area contributed by atoms with Crippen LogP contribution in [0.5, 0.6) is 0 Å². The third-order valence-electron chi connectivity index (χ3n) is 5.68. The maximum atomic E-state index is 13.4. The fourth-order valence-corrected chi connectivity index (χ4v) is 4.27. The molecule has 1 aromatic carbocycles. The Balaban J connectivity index is 1.66. The molecule has 0 radical (unpaired) electrons. The summed E-state index contributed by atoms with van der Waals surface area (Å²) >= 11 is 6.20. The quantitative estimate of drug-likeness (QED) is 0.536. The van der Waals surface area contributed by atoms with Gasteiger partial charge in [-0.15, -0.1) is 0 Å². The molecule has 8 nitrogen and oxygen atoms in total. The number of amides is 1. The Labute approximate surface area is 203 Å². The summed E-state index contributed by atoms with van der Waals surface area (Å²) in [7, 11) is 0. The van der Waals surface area contributed by atoms with E-state index in [-0.39, 0.29) is 39.7 Å². The van der Waals surface area contributed by atoms with E-state index in [0.29, 0.717) is 42.7 Å². The molecule has 1 saturated heterocycles. The molecule has 0 bridgehead atoms. The first-order chi connectivity index (χ1) is 16.7. The standard InChI is InChI=1S/C23H23ClF3N5O3/c1-2-35-22(34)31-9-7-15(8-10-31)29-21-28-12-14-11-17(16-5-3-4-6-18(16)24)20(33)32(19(14)30-21)13-23(25,26)27/h3-6,11-12,15H,2,7-10,13H2,1H3,(H,28,29,30). The molecule has 0 saturated carbocycles. The second-order valence-electron chi connectivity index (χ2n) is 8.12. The van der Waals surface area contributed by atoms with Gasteiger partial charge in [-0.3, -0.25) is 9.36 Å². The maximum absolute atomic E-state index is 13.4. The van der Waals surface area contributed by atoms with Crippen LogP contribution in [-0.2, 0) is 11.3 Å². The highest BCUT2D eigenvalue weighted by molar-refractivity contribution is 6.33. The van der Waals surface area contributed by atoms with Gasteiger partial charge in [0, 0.05) is 46.9 Å². The highest BCUT2D eigenvalue weighted by Crippen LogP contribution is 2.28. The van der Waals surface area contributed by atoms with Crippen molar-refractivity contribution in [3.05, 3.63) is 51.9 Å². The van der Waals surface area contributed by atoms with Gasteiger partial charge in [0.15, 0.2) is 0 Å². The molecule has 1 N–H and O–H groups in total. The van der Waals surface area contributed by atoms with Crippen molar-refractivity contribution in [2.24, 2.45) is 0 Å². The number of rotatable bonds is 5. The number of aromatic nitrogens is 3. The third-order valence-corrected chi connectivity index (χ3v) is 6.01. The van der Waals surface area contributed by atoms with Crippen LogP contribution in [0.4, 0.5) is 23.9 Å². The van der Waals surface area contributed by atoms with Gasteiger partial charge in [0.05, 0.1) is 6.61 Å². The topological polar surface area (TPSA) is 89.4 Å². The Morgan fingerprint density at radius 1 is 1.23 bits per heavy atom. The number of nitrogens with zero attached hydrogens (tertiary/aromatic N) is 4. The second-order valence-corrected chi connectivity index (χ2v) is 8.53. The lowest BCUT2D eigenvalue weighted by Crippen LogP contribution is -2.42. The molecule has 2 aromatic heterocycles. The van der Waals surface area contributed by atoms with E-state index in [9.17, 15) is 22.8 Å². The summed E-state index contributed by atoms with van der Waals surface area (Å²) in [4.78, 5) is 35.1. The summed E-state index contributed by atoms with van der Waals surface area (Å²) < 4.78 is 45.8. The van der Waals surface area contributed by atoms with E-state index in [0.717, 1.165) is 0 Å². The largest absolute Gasteiger partial charge is 0.450 e. The van der Waals surface area contributed by atoms with Crippen molar-refractivity contribution in [1.29, 1.82) is 0 Å². The molecule has 0 spiro atoms. The summed E-state index contributed by atoms with van der Waals surface area (Å²) in [6, 6.07) is 7.80. The van der Waals surface area contributed by atoms with Crippen molar-refractivity contribution in [2.45, 2.75) is 38.5 Å². The first-order valence-corrected chi connectivity index (χ1v) is 11.4. The molecule has 0 aliphatic carbocycles. The third kappa shape index (κ3) is 5.67. The molecule has 3 heterocycles. The summed E-state index contributed by atoms with van der Waals surface area (Å²) in [5.74, 6) is 0.105. The number of anilines is 1. The Hall–Kier alpha value is -3.34. The van der Waals surface area contributed by atoms with Crippen LogP contribution >= 0.6 is 11.6 Å². The number of likely N-dealkylation sites (tertiary alicyclic amines) is 1. The van der Waals surface area contributed by atoms with Gasteiger partial charge in [-0.05, 0) is 31.9 Å². The van der Waals surface area contributed by atoms with E-state index in [1.165, 1.54) is 12.3 Å². The lowest BCUT2D eigenvalue weighted by atomic mass is 10.1. The number of pyridine rings is 1. The van der Waals surface area contributed by atoms with Gasteiger partial charge in [0.1, 0.15) is 12.2 Å². The molecule has 4 rings (SSSR count). The van der Waals surface area contributed by atoms with E-state index >= 15 is 0 Å². The molecule has 35 heavy (non-hydrogen) atoms. The highest BCUT2D eigenvalue weighted by Gasteiger charge is 2.31. The summed E-state index contributed by atoms with van der Waals surface area (Å²) in [5, 5.41) is 3.63. The monoisotopic (exact) mass is 509 g/mol. The molecule has 3 aromatic rings. The SMILES string of the molecule is CCOC(=O)N1CCC(Nc2ncc3cc(-c4ccccc4Cl)c(=O)n(CC(F)(F)F)c3n2)CC1. The molecule has 1 fully saturated rings. The van der Waals surface area contributed by atoms with Crippen molar-refractivity contribution < 1.29 is 22.7 Å². The Morgan fingerprint density at radius 3 is 2.60 bits per heavy atom. The Kier molecular flexibility index (Phi) is 7.15. The van der Waals surface area contributed by atoms with Crippen LogP contribution in [0.3, 0.4) is 0 Å². The summed E-state index contributed by atoms with van der Waals surface area (Å²) in [6.07, 6.45) is -2.47. The molecule has 1 aliphatic heterocycles. The molecular weight excluding hydrogens is 487 g/mol. The van der Waals surface area contributed by atoms with E-state index < -0.39 is 18.3 Å². The number of nitrogens with one attached hydrogen (secondary N) is 1. The van der Waals surface area contributed by atoms with E-state index in [4.69, 9.17) is 16.3 Å². The lowest BCUT2D eigenvalue weighted by molar-refractivity contribution is -0.140. The maximum Gasteiger partial charge on any atom is 0.409 e. The highest BCUT2D eigenvalue weighted by atomic mass is 35.5. The van der Waals surface area contributed by atoms with Gasteiger partial charge >= 0.3 is 12.3 Å². The zero-order chi connectivity index (χ0) is 25.2. The van der Waals surface area contributed by atoms with Gasteiger partial charge in [-0.1, -0.05) is 29.8 Å². The van der Waals surface area contributed by atoms with Crippen LogP contribution < -0.4 is 10.9 Å². The Bertz CT molecular complexity index is 1290. The van der Waals surface area contributed by atoms with Crippen LogP contribution in [0.15, 0.2) is 41.3 Å².